The Morgan fingerprint density at radius 2 is 1.87 bits per heavy atom. The van der Waals surface area contributed by atoms with E-state index in [1.54, 1.807) is 13.8 Å². The Bertz CT molecular complexity index is 273. The van der Waals surface area contributed by atoms with Crippen LogP contribution in [0, 0.1) is 0 Å². The fraction of sp³-hybridized carbons (Fsp3) is 0.600. The molecule has 0 aromatic heterocycles. The van der Waals surface area contributed by atoms with Gasteiger partial charge in [-0.2, -0.15) is 0 Å². The second-order valence-electron chi connectivity index (χ2n) is 3.48. The maximum Gasteiger partial charge on any atom is 0.356 e. The van der Waals surface area contributed by atoms with E-state index in [1.807, 2.05) is 0 Å². The van der Waals surface area contributed by atoms with Crippen LogP contribution in [0.15, 0.2) is 12.2 Å². The zero-order chi connectivity index (χ0) is 12.2. The summed E-state index contributed by atoms with van der Waals surface area (Å²) in [6.07, 6.45) is -1.58. The van der Waals surface area contributed by atoms with Gasteiger partial charge in [0.2, 0.25) is 6.23 Å². The number of methoxy groups -OCH3 is 1. The van der Waals surface area contributed by atoms with Crippen LogP contribution in [-0.2, 0) is 14.3 Å². The van der Waals surface area contributed by atoms with Crippen LogP contribution in [0.3, 0.4) is 0 Å². The number of amides is 1. The highest BCUT2D eigenvalue weighted by molar-refractivity contribution is 5.94. The van der Waals surface area contributed by atoms with Crippen LogP contribution < -0.4 is 0 Å². The standard InChI is InChI=1S/C10H17NO4/c1-6(2)8(12)11(7(3)4)9(13)10(14)15-5/h7,9,13H,1H2,2-5H3. The molecular weight excluding hydrogens is 198 g/mol. The van der Waals surface area contributed by atoms with E-state index in [4.69, 9.17) is 0 Å². The van der Waals surface area contributed by atoms with Crippen LogP contribution in [0.5, 0.6) is 0 Å². The quantitative estimate of drug-likeness (QED) is 0.416. The second-order valence-corrected chi connectivity index (χ2v) is 3.48. The molecule has 86 valence electrons. The van der Waals surface area contributed by atoms with E-state index in [-0.39, 0.29) is 11.6 Å². The van der Waals surface area contributed by atoms with Crippen molar-refractivity contribution < 1.29 is 19.4 Å². The van der Waals surface area contributed by atoms with Gasteiger partial charge >= 0.3 is 5.97 Å². The summed E-state index contributed by atoms with van der Waals surface area (Å²) in [5, 5.41) is 9.56. The Hall–Kier alpha value is -1.36. The summed E-state index contributed by atoms with van der Waals surface area (Å²) < 4.78 is 4.36. The number of carbonyl (C=O) groups excluding carboxylic acids is 2. The van der Waals surface area contributed by atoms with Crippen LogP contribution in [-0.4, -0.2) is 41.3 Å². The lowest BCUT2D eigenvalue weighted by atomic mass is 10.2. The lowest BCUT2D eigenvalue weighted by Gasteiger charge is -2.29. The molecule has 1 unspecified atom stereocenters. The molecular formula is C10H17NO4. The van der Waals surface area contributed by atoms with Gasteiger partial charge in [-0.1, -0.05) is 6.58 Å². The molecule has 5 nitrogen and oxygen atoms in total. The van der Waals surface area contributed by atoms with E-state index in [9.17, 15) is 14.7 Å². The number of nitrogens with zero attached hydrogens (tertiary/aromatic N) is 1. The maximum atomic E-state index is 11.6. The fourth-order valence-electron chi connectivity index (χ4n) is 1.07. The first-order chi connectivity index (χ1) is 6.82. The van der Waals surface area contributed by atoms with Gasteiger partial charge in [0.1, 0.15) is 0 Å². The number of rotatable bonds is 4. The zero-order valence-corrected chi connectivity index (χ0v) is 9.48. The Morgan fingerprint density at radius 3 is 2.13 bits per heavy atom. The smallest absolute Gasteiger partial charge is 0.356 e. The molecule has 0 aliphatic rings. The molecule has 0 saturated heterocycles. The third-order valence-electron chi connectivity index (χ3n) is 1.83. The number of esters is 1. The molecule has 0 bridgehead atoms. The molecule has 1 amide bonds. The zero-order valence-electron chi connectivity index (χ0n) is 9.48. The van der Waals surface area contributed by atoms with Crippen LogP contribution in [0.1, 0.15) is 20.8 Å². The largest absolute Gasteiger partial charge is 0.466 e. The third kappa shape index (κ3) is 3.36. The van der Waals surface area contributed by atoms with Gasteiger partial charge in [0, 0.05) is 11.6 Å². The number of carbonyl (C=O) groups is 2. The lowest BCUT2D eigenvalue weighted by Crippen LogP contribution is -2.49. The topological polar surface area (TPSA) is 66.8 Å². The fourth-order valence-corrected chi connectivity index (χ4v) is 1.07. The van der Waals surface area contributed by atoms with E-state index in [0.717, 1.165) is 12.0 Å². The molecule has 0 aliphatic carbocycles. The molecule has 5 heteroatoms. The highest BCUT2D eigenvalue weighted by Crippen LogP contribution is 2.09. The van der Waals surface area contributed by atoms with Crippen molar-refractivity contribution in [1.82, 2.24) is 4.90 Å². The molecule has 0 rings (SSSR count). The van der Waals surface area contributed by atoms with E-state index >= 15 is 0 Å². The van der Waals surface area contributed by atoms with E-state index in [2.05, 4.69) is 11.3 Å². The first-order valence-corrected chi connectivity index (χ1v) is 4.57. The Labute approximate surface area is 89.3 Å². The molecule has 0 fully saturated rings. The predicted octanol–water partition coefficient (Wildman–Crippen LogP) is 0.291. The third-order valence-corrected chi connectivity index (χ3v) is 1.83. The van der Waals surface area contributed by atoms with Gasteiger partial charge in [-0.05, 0) is 20.8 Å². The van der Waals surface area contributed by atoms with Crippen molar-refractivity contribution in [3.63, 3.8) is 0 Å². The Morgan fingerprint density at radius 1 is 1.40 bits per heavy atom. The number of hydrogen-bond donors (Lipinski definition) is 1. The molecule has 0 spiro atoms. The Kier molecular flexibility index (Phi) is 5.00. The molecule has 15 heavy (non-hydrogen) atoms. The minimum absolute atomic E-state index is 0.256. The molecule has 1 atom stereocenters. The van der Waals surface area contributed by atoms with Crippen molar-refractivity contribution >= 4 is 11.9 Å². The van der Waals surface area contributed by atoms with Gasteiger partial charge < -0.3 is 14.7 Å². The molecule has 0 aromatic rings. The van der Waals surface area contributed by atoms with Crippen LogP contribution >= 0.6 is 0 Å². The summed E-state index contributed by atoms with van der Waals surface area (Å²) in [7, 11) is 1.15. The summed E-state index contributed by atoms with van der Waals surface area (Å²) in [6.45, 7) is 8.36. The summed E-state index contributed by atoms with van der Waals surface area (Å²) in [5.74, 6) is -1.33. The molecule has 0 aliphatic heterocycles. The van der Waals surface area contributed by atoms with Crippen LogP contribution in [0.2, 0.25) is 0 Å². The van der Waals surface area contributed by atoms with Crippen molar-refractivity contribution in [2.75, 3.05) is 7.11 Å². The average Bonchev–Trinajstić information content (AvgIpc) is 2.15. The first-order valence-electron chi connectivity index (χ1n) is 4.57. The van der Waals surface area contributed by atoms with Gasteiger partial charge in [0.25, 0.3) is 5.91 Å². The van der Waals surface area contributed by atoms with Crippen molar-refractivity contribution in [2.45, 2.75) is 33.0 Å². The van der Waals surface area contributed by atoms with E-state index in [0.29, 0.717) is 0 Å². The number of aliphatic hydroxyl groups excluding tert-OH is 1. The van der Waals surface area contributed by atoms with Gasteiger partial charge in [0.05, 0.1) is 7.11 Å². The molecule has 0 radical (unpaired) electrons. The lowest BCUT2D eigenvalue weighted by molar-refractivity contribution is -0.168. The number of hydrogen-bond acceptors (Lipinski definition) is 4. The average molecular weight is 215 g/mol. The number of ether oxygens (including phenoxy) is 1. The maximum absolute atomic E-state index is 11.6. The molecule has 0 aromatic carbocycles. The monoisotopic (exact) mass is 215 g/mol. The first kappa shape index (κ1) is 13.6. The number of aliphatic hydroxyl groups is 1. The highest BCUT2D eigenvalue weighted by atomic mass is 16.5. The molecule has 0 saturated carbocycles. The van der Waals surface area contributed by atoms with Crippen molar-refractivity contribution in [3.8, 4) is 0 Å². The summed E-state index contributed by atoms with van der Waals surface area (Å²) in [4.78, 5) is 23.7. The van der Waals surface area contributed by atoms with E-state index < -0.39 is 18.1 Å². The van der Waals surface area contributed by atoms with Crippen molar-refractivity contribution in [1.29, 1.82) is 0 Å². The second kappa shape index (κ2) is 5.50. The van der Waals surface area contributed by atoms with Gasteiger partial charge in [-0.3, -0.25) is 4.79 Å². The SMILES string of the molecule is C=C(C)C(=O)N(C(C)C)C(O)C(=O)OC. The van der Waals surface area contributed by atoms with Crippen molar-refractivity contribution in [2.24, 2.45) is 0 Å². The van der Waals surface area contributed by atoms with Crippen LogP contribution in [0.4, 0.5) is 0 Å². The van der Waals surface area contributed by atoms with Crippen molar-refractivity contribution in [3.05, 3.63) is 12.2 Å². The van der Waals surface area contributed by atoms with Gasteiger partial charge in [-0.15, -0.1) is 0 Å². The summed E-state index contributed by atoms with van der Waals surface area (Å²) >= 11 is 0. The van der Waals surface area contributed by atoms with Crippen LogP contribution in [0.25, 0.3) is 0 Å². The normalized spacial score (nSPS) is 12.1. The minimum Gasteiger partial charge on any atom is -0.466 e. The molecule has 0 heterocycles. The molecule has 1 N–H and O–H groups in total. The Balaban J connectivity index is 4.90. The highest BCUT2D eigenvalue weighted by Gasteiger charge is 2.30. The minimum atomic E-state index is -1.58. The summed E-state index contributed by atoms with van der Waals surface area (Å²) in [5.41, 5.74) is 0.256. The van der Waals surface area contributed by atoms with Gasteiger partial charge in [0.15, 0.2) is 0 Å². The van der Waals surface area contributed by atoms with E-state index in [1.165, 1.54) is 6.92 Å². The summed E-state index contributed by atoms with van der Waals surface area (Å²) in [6, 6.07) is -0.316. The van der Waals surface area contributed by atoms with Gasteiger partial charge in [-0.25, -0.2) is 4.79 Å². The predicted molar refractivity (Wildman–Crippen MR) is 54.8 cm³/mol.